The molecule has 1 unspecified atom stereocenters. The van der Waals surface area contributed by atoms with E-state index in [-0.39, 0.29) is 0 Å². The van der Waals surface area contributed by atoms with Crippen molar-refractivity contribution >= 4 is 27.3 Å². The molecular formula is C12H19BrN2S. The molecule has 2 rings (SSSR count). The fraction of sp³-hybridized carbons (Fsp3) is 0.667. The zero-order valence-electron chi connectivity index (χ0n) is 9.87. The van der Waals surface area contributed by atoms with Crippen molar-refractivity contribution in [2.75, 3.05) is 13.6 Å². The van der Waals surface area contributed by atoms with E-state index in [0.717, 1.165) is 19.1 Å². The summed E-state index contributed by atoms with van der Waals surface area (Å²) in [4.78, 5) is 3.83. The van der Waals surface area contributed by atoms with Gasteiger partial charge in [0.15, 0.2) is 0 Å². The van der Waals surface area contributed by atoms with Crippen LogP contribution in [0, 0.1) is 0 Å². The second-order valence-electron chi connectivity index (χ2n) is 4.68. The summed E-state index contributed by atoms with van der Waals surface area (Å²) in [5.41, 5.74) is 0. The molecule has 0 saturated heterocycles. The first-order chi connectivity index (χ1) is 7.65. The van der Waals surface area contributed by atoms with Crippen molar-refractivity contribution in [3.05, 3.63) is 20.8 Å². The van der Waals surface area contributed by atoms with Gasteiger partial charge in [0.1, 0.15) is 0 Å². The first kappa shape index (κ1) is 12.6. The largest absolute Gasteiger partial charge is 0.312 e. The number of likely N-dealkylation sites (N-methyl/N-ethyl adjacent to an activating group) is 1. The van der Waals surface area contributed by atoms with Crippen LogP contribution in [0.5, 0.6) is 0 Å². The first-order valence-corrected chi connectivity index (χ1v) is 7.49. The topological polar surface area (TPSA) is 15.3 Å². The van der Waals surface area contributed by atoms with E-state index in [9.17, 15) is 0 Å². The van der Waals surface area contributed by atoms with Gasteiger partial charge in [-0.1, -0.05) is 0 Å². The highest BCUT2D eigenvalue weighted by molar-refractivity contribution is 9.10. The average molecular weight is 303 g/mol. The third kappa shape index (κ3) is 3.84. The molecule has 0 aromatic carbocycles. The van der Waals surface area contributed by atoms with E-state index in [4.69, 9.17) is 0 Å². The highest BCUT2D eigenvalue weighted by Crippen LogP contribution is 2.22. The van der Waals surface area contributed by atoms with E-state index < -0.39 is 0 Å². The Balaban J connectivity index is 1.74. The third-order valence-corrected chi connectivity index (χ3v) is 4.74. The highest BCUT2D eigenvalue weighted by atomic mass is 79.9. The minimum absolute atomic E-state index is 0.599. The summed E-state index contributed by atoms with van der Waals surface area (Å²) < 4.78 is 1.20. The van der Waals surface area contributed by atoms with E-state index in [2.05, 4.69) is 51.6 Å². The summed E-state index contributed by atoms with van der Waals surface area (Å²) in [7, 11) is 2.20. The zero-order chi connectivity index (χ0) is 11.5. The van der Waals surface area contributed by atoms with Gasteiger partial charge in [0.2, 0.25) is 0 Å². The molecule has 0 radical (unpaired) electrons. The van der Waals surface area contributed by atoms with Crippen LogP contribution in [-0.2, 0) is 6.54 Å². The molecule has 90 valence electrons. The molecule has 0 amide bonds. The minimum Gasteiger partial charge on any atom is -0.312 e. The normalized spacial score (nSPS) is 18.0. The van der Waals surface area contributed by atoms with Crippen LogP contribution in [0.15, 0.2) is 15.9 Å². The maximum Gasteiger partial charge on any atom is 0.0328 e. The molecule has 1 aliphatic carbocycles. The van der Waals surface area contributed by atoms with Gasteiger partial charge in [-0.3, -0.25) is 4.90 Å². The van der Waals surface area contributed by atoms with Crippen LogP contribution < -0.4 is 5.32 Å². The number of thiophene rings is 1. The smallest absolute Gasteiger partial charge is 0.0328 e. The SMILES string of the molecule is CC(CNC1CC1)N(C)Cc1cc(Br)cs1. The van der Waals surface area contributed by atoms with Gasteiger partial charge in [0.05, 0.1) is 0 Å². The standard InChI is InChI=1S/C12H19BrN2S/c1-9(6-14-11-3-4-11)15(2)7-12-5-10(13)8-16-12/h5,8-9,11,14H,3-4,6-7H2,1-2H3. The minimum atomic E-state index is 0.599. The third-order valence-electron chi connectivity index (χ3n) is 3.06. The Bertz CT molecular complexity index is 336. The maximum atomic E-state index is 3.58. The molecule has 1 atom stereocenters. The maximum absolute atomic E-state index is 3.58. The Labute approximate surface area is 110 Å². The number of nitrogens with one attached hydrogen (secondary N) is 1. The lowest BCUT2D eigenvalue weighted by Gasteiger charge is -2.24. The monoisotopic (exact) mass is 302 g/mol. The van der Waals surface area contributed by atoms with Crippen molar-refractivity contribution in [3.8, 4) is 0 Å². The molecule has 0 spiro atoms. The Morgan fingerprint density at radius 2 is 2.38 bits per heavy atom. The number of halogens is 1. The summed E-state index contributed by atoms with van der Waals surface area (Å²) in [6.45, 7) is 4.44. The Morgan fingerprint density at radius 1 is 1.62 bits per heavy atom. The van der Waals surface area contributed by atoms with Crippen LogP contribution in [0.3, 0.4) is 0 Å². The van der Waals surface area contributed by atoms with E-state index in [0.29, 0.717) is 6.04 Å². The Morgan fingerprint density at radius 3 is 2.94 bits per heavy atom. The van der Waals surface area contributed by atoms with Crippen molar-refractivity contribution in [3.63, 3.8) is 0 Å². The van der Waals surface area contributed by atoms with Gasteiger partial charge >= 0.3 is 0 Å². The predicted molar refractivity (Wildman–Crippen MR) is 74.0 cm³/mol. The molecule has 1 aromatic heterocycles. The number of nitrogens with zero attached hydrogens (tertiary/aromatic N) is 1. The molecule has 1 aliphatic rings. The number of hydrogen-bond donors (Lipinski definition) is 1. The summed E-state index contributed by atoms with van der Waals surface area (Å²) in [6.07, 6.45) is 2.74. The molecule has 4 heteroatoms. The molecule has 1 saturated carbocycles. The van der Waals surface area contributed by atoms with E-state index in [1.54, 1.807) is 0 Å². The van der Waals surface area contributed by atoms with Crippen LogP contribution in [0.2, 0.25) is 0 Å². The Kier molecular flexibility index (Phi) is 4.41. The molecular weight excluding hydrogens is 284 g/mol. The van der Waals surface area contributed by atoms with Gasteiger partial charge < -0.3 is 5.32 Å². The molecule has 2 nitrogen and oxygen atoms in total. The quantitative estimate of drug-likeness (QED) is 0.869. The predicted octanol–water partition coefficient (Wildman–Crippen LogP) is 3.08. The number of hydrogen-bond acceptors (Lipinski definition) is 3. The van der Waals surface area contributed by atoms with Gasteiger partial charge in [-0.15, -0.1) is 11.3 Å². The Hall–Kier alpha value is 0.1000. The van der Waals surface area contributed by atoms with E-state index in [1.165, 1.54) is 22.2 Å². The average Bonchev–Trinajstić information content (AvgIpc) is 2.99. The van der Waals surface area contributed by atoms with Crippen molar-refractivity contribution < 1.29 is 0 Å². The van der Waals surface area contributed by atoms with Crippen molar-refractivity contribution in [2.24, 2.45) is 0 Å². The highest BCUT2D eigenvalue weighted by Gasteiger charge is 2.21. The second kappa shape index (κ2) is 5.63. The van der Waals surface area contributed by atoms with Gasteiger partial charge in [-0.25, -0.2) is 0 Å². The van der Waals surface area contributed by atoms with Crippen LogP contribution in [0.1, 0.15) is 24.6 Å². The molecule has 0 aliphatic heterocycles. The lowest BCUT2D eigenvalue weighted by molar-refractivity contribution is 0.244. The fourth-order valence-corrected chi connectivity index (χ4v) is 3.13. The zero-order valence-corrected chi connectivity index (χ0v) is 12.3. The van der Waals surface area contributed by atoms with E-state index in [1.807, 2.05) is 11.3 Å². The van der Waals surface area contributed by atoms with E-state index >= 15 is 0 Å². The second-order valence-corrected chi connectivity index (χ2v) is 6.59. The molecule has 1 aromatic rings. The first-order valence-electron chi connectivity index (χ1n) is 5.81. The summed E-state index contributed by atoms with van der Waals surface area (Å²) in [5, 5.41) is 5.73. The molecule has 16 heavy (non-hydrogen) atoms. The van der Waals surface area contributed by atoms with Crippen LogP contribution in [-0.4, -0.2) is 30.6 Å². The van der Waals surface area contributed by atoms with Gasteiger partial charge in [0, 0.05) is 39.9 Å². The van der Waals surface area contributed by atoms with Crippen molar-refractivity contribution in [1.82, 2.24) is 10.2 Å². The van der Waals surface area contributed by atoms with Crippen LogP contribution in [0.25, 0.3) is 0 Å². The lowest BCUT2D eigenvalue weighted by Crippen LogP contribution is -2.38. The molecule has 1 fully saturated rings. The lowest BCUT2D eigenvalue weighted by atomic mass is 10.3. The van der Waals surface area contributed by atoms with Crippen molar-refractivity contribution in [2.45, 2.75) is 38.4 Å². The molecule has 0 bridgehead atoms. The summed E-state index contributed by atoms with van der Waals surface area (Å²) in [6, 6.07) is 3.62. The van der Waals surface area contributed by atoms with Crippen LogP contribution in [0.4, 0.5) is 0 Å². The van der Waals surface area contributed by atoms with Crippen molar-refractivity contribution in [1.29, 1.82) is 0 Å². The van der Waals surface area contributed by atoms with Gasteiger partial charge in [0.25, 0.3) is 0 Å². The van der Waals surface area contributed by atoms with Gasteiger partial charge in [-0.05, 0) is 48.8 Å². The van der Waals surface area contributed by atoms with Crippen LogP contribution >= 0.6 is 27.3 Å². The summed E-state index contributed by atoms with van der Waals surface area (Å²) in [5.74, 6) is 0. The molecule has 1 N–H and O–H groups in total. The number of rotatable bonds is 6. The fourth-order valence-electron chi connectivity index (χ4n) is 1.62. The molecule has 1 heterocycles. The summed E-state index contributed by atoms with van der Waals surface area (Å²) >= 11 is 5.32. The van der Waals surface area contributed by atoms with Gasteiger partial charge in [-0.2, -0.15) is 0 Å².